The summed E-state index contributed by atoms with van der Waals surface area (Å²) in [6.45, 7) is 2.26. The summed E-state index contributed by atoms with van der Waals surface area (Å²) in [5, 5.41) is 20.0. The summed E-state index contributed by atoms with van der Waals surface area (Å²) in [6.07, 6.45) is 1.28. The Morgan fingerprint density at radius 1 is 1.23 bits per heavy atom. The molecule has 0 aliphatic rings. The van der Waals surface area contributed by atoms with E-state index in [4.69, 9.17) is 20.3 Å². The molecule has 0 saturated carbocycles. The Balaban J connectivity index is 2.30. The van der Waals surface area contributed by atoms with Crippen molar-refractivity contribution < 1.29 is 29.0 Å². The Kier molecular flexibility index (Phi) is 8.16. The van der Waals surface area contributed by atoms with Crippen LogP contribution in [0.15, 0.2) is 46.4 Å². The number of carboxylic acid groups (broad SMARTS) is 1. The molecule has 10 heteroatoms. The molecule has 0 aliphatic carbocycles. The third kappa shape index (κ3) is 6.58. The normalized spacial score (nSPS) is 10.7. The van der Waals surface area contributed by atoms with Crippen LogP contribution in [0.1, 0.15) is 28.4 Å². The van der Waals surface area contributed by atoms with Gasteiger partial charge in [0, 0.05) is 0 Å². The monoisotopic (exact) mass is 487 g/mol. The molecular formula is C21H18BrN3O6. The first-order chi connectivity index (χ1) is 14.7. The molecule has 0 saturated heterocycles. The standard InChI is InChI=1S/C21H18BrN3O6/c1-2-30-17-9-13(7-15(10-23)19(26)25-21(24)29)8-16(22)18(17)31-11-12-3-5-14(6-4-12)20(27)28/h3-9H,2,11H2,1H3,(H,27,28)(H3,24,25,26,29)/b15-7-. The van der Waals surface area contributed by atoms with Crippen molar-refractivity contribution >= 4 is 39.9 Å². The van der Waals surface area contributed by atoms with E-state index in [1.165, 1.54) is 18.2 Å². The average Bonchev–Trinajstić information content (AvgIpc) is 2.71. The van der Waals surface area contributed by atoms with Crippen LogP contribution in [0.25, 0.3) is 6.08 Å². The SMILES string of the molecule is CCOc1cc(/C=C(/C#N)C(=O)NC(N)=O)cc(Br)c1OCc1ccc(C(=O)O)cc1. The number of hydrogen-bond acceptors (Lipinski definition) is 6. The maximum absolute atomic E-state index is 11.9. The summed E-state index contributed by atoms with van der Waals surface area (Å²) < 4.78 is 12.0. The summed E-state index contributed by atoms with van der Waals surface area (Å²) >= 11 is 3.39. The Labute approximate surface area is 186 Å². The zero-order valence-electron chi connectivity index (χ0n) is 16.3. The minimum absolute atomic E-state index is 0.151. The number of imide groups is 1. The minimum Gasteiger partial charge on any atom is -0.490 e. The molecule has 3 amide bonds. The quantitative estimate of drug-likeness (QED) is 0.381. The van der Waals surface area contributed by atoms with Gasteiger partial charge in [0.1, 0.15) is 18.2 Å². The summed E-state index contributed by atoms with van der Waals surface area (Å²) in [5.74, 6) is -1.19. The largest absolute Gasteiger partial charge is 0.490 e. The first-order valence-corrected chi connectivity index (χ1v) is 9.68. The van der Waals surface area contributed by atoms with Crippen LogP contribution >= 0.6 is 15.9 Å². The molecule has 2 aromatic rings. The lowest BCUT2D eigenvalue weighted by Gasteiger charge is -2.15. The molecular weight excluding hydrogens is 470 g/mol. The summed E-state index contributed by atoms with van der Waals surface area (Å²) in [5.41, 5.74) is 5.96. The molecule has 31 heavy (non-hydrogen) atoms. The summed E-state index contributed by atoms with van der Waals surface area (Å²) in [4.78, 5) is 33.7. The molecule has 160 valence electrons. The van der Waals surface area contributed by atoms with Gasteiger partial charge in [0.25, 0.3) is 5.91 Å². The number of nitrogens with one attached hydrogen (secondary N) is 1. The van der Waals surface area contributed by atoms with Gasteiger partial charge in [0.2, 0.25) is 0 Å². The highest BCUT2D eigenvalue weighted by molar-refractivity contribution is 9.10. The molecule has 4 N–H and O–H groups in total. The van der Waals surface area contributed by atoms with Crippen molar-refractivity contribution in [1.82, 2.24) is 5.32 Å². The van der Waals surface area contributed by atoms with Crippen molar-refractivity contribution in [2.45, 2.75) is 13.5 Å². The van der Waals surface area contributed by atoms with E-state index in [0.717, 1.165) is 5.56 Å². The molecule has 0 aromatic heterocycles. The average molecular weight is 488 g/mol. The second-order valence-corrected chi connectivity index (χ2v) is 6.90. The second-order valence-electron chi connectivity index (χ2n) is 6.04. The van der Waals surface area contributed by atoms with Gasteiger partial charge in [0.05, 0.1) is 16.6 Å². The van der Waals surface area contributed by atoms with Crippen LogP contribution in [0.5, 0.6) is 11.5 Å². The molecule has 0 fully saturated rings. The maximum atomic E-state index is 11.9. The lowest BCUT2D eigenvalue weighted by atomic mass is 10.1. The number of rotatable bonds is 8. The summed E-state index contributed by atoms with van der Waals surface area (Å²) in [6, 6.07) is 10.1. The van der Waals surface area contributed by atoms with Crippen molar-refractivity contribution in [3.8, 4) is 17.6 Å². The van der Waals surface area contributed by atoms with E-state index in [-0.39, 0.29) is 17.7 Å². The van der Waals surface area contributed by atoms with Gasteiger partial charge in [-0.1, -0.05) is 12.1 Å². The maximum Gasteiger partial charge on any atom is 0.335 e. The van der Waals surface area contributed by atoms with Crippen molar-refractivity contribution in [3.63, 3.8) is 0 Å². The predicted molar refractivity (Wildman–Crippen MR) is 114 cm³/mol. The number of ether oxygens (including phenoxy) is 2. The van der Waals surface area contributed by atoms with E-state index in [9.17, 15) is 19.6 Å². The molecule has 0 unspecified atom stereocenters. The highest BCUT2D eigenvalue weighted by atomic mass is 79.9. The van der Waals surface area contributed by atoms with E-state index >= 15 is 0 Å². The van der Waals surface area contributed by atoms with Gasteiger partial charge < -0.3 is 20.3 Å². The van der Waals surface area contributed by atoms with E-state index in [0.29, 0.717) is 28.1 Å². The van der Waals surface area contributed by atoms with Crippen LogP contribution in [0.4, 0.5) is 4.79 Å². The highest BCUT2D eigenvalue weighted by Crippen LogP contribution is 2.38. The first-order valence-electron chi connectivity index (χ1n) is 8.89. The number of aromatic carboxylic acids is 1. The number of nitriles is 1. The number of halogens is 1. The van der Waals surface area contributed by atoms with Gasteiger partial charge in [-0.3, -0.25) is 10.1 Å². The first kappa shape index (κ1) is 23.4. The Morgan fingerprint density at radius 3 is 2.45 bits per heavy atom. The Bertz CT molecular complexity index is 1070. The lowest BCUT2D eigenvalue weighted by Crippen LogP contribution is -2.35. The van der Waals surface area contributed by atoms with E-state index < -0.39 is 17.9 Å². The lowest BCUT2D eigenvalue weighted by molar-refractivity contribution is -0.115. The number of carbonyl (C=O) groups excluding carboxylic acids is 2. The Hall–Kier alpha value is -3.84. The number of primary amides is 1. The topological polar surface area (TPSA) is 152 Å². The molecule has 2 rings (SSSR count). The molecule has 0 aliphatic heterocycles. The van der Waals surface area contributed by atoms with E-state index in [1.807, 2.05) is 5.32 Å². The molecule has 9 nitrogen and oxygen atoms in total. The minimum atomic E-state index is -1.07. The van der Waals surface area contributed by atoms with Crippen LogP contribution in [0.2, 0.25) is 0 Å². The molecule has 0 heterocycles. The number of carbonyl (C=O) groups is 3. The number of amides is 3. The fourth-order valence-electron chi connectivity index (χ4n) is 2.47. The molecule has 0 atom stereocenters. The van der Waals surface area contributed by atoms with Crippen LogP contribution in [-0.2, 0) is 11.4 Å². The number of hydrogen-bond donors (Lipinski definition) is 3. The van der Waals surface area contributed by atoms with Crippen LogP contribution in [0.3, 0.4) is 0 Å². The molecule has 0 spiro atoms. The van der Waals surface area contributed by atoms with Gasteiger partial charge in [0.15, 0.2) is 11.5 Å². The summed E-state index contributed by atoms with van der Waals surface area (Å²) in [7, 11) is 0. The number of urea groups is 1. The Morgan fingerprint density at radius 2 is 1.90 bits per heavy atom. The molecule has 0 radical (unpaired) electrons. The number of nitrogens with zero attached hydrogens (tertiary/aromatic N) is 1. The fourth-order valence-corrected chi connectivity index (χ4v) is 3.04. The van der Waals surface area contributed by atoms with Gasteiger partial charge in [-0.05, 0) is 64.3 Å². The number of nitrogens with two attached hydrogens (primary N) is 1. The molecule has 0 bridgehead atoms. The smallest absolute Gasteiger partial charge is 0.335 e. The van der Waals surface area contributed by atoms with E-state index in [2.05, 4.69) is 15.9 Å². The van der Waals surface area contributed by atoms with Gasteiger partial charge in [-0.2, -0.15) is 5.26 Å². The van der Waals surface area contributed by atoms with Crippen molar-refractivity contribution in [2.24, 2.45) is 5.73 Å². The fraction of sp³-hybridized carbons (Fsp3) is 0.143. The zero-order chi connectivity index (χ0) is 23.0. The van der Waals surface area contributed by atoms with Gasteiger partial charge in [-0.15, -0.1) is 0 Å². The number of carboxylic acids is 1. The zero-order valence-corrected chi connectivity index (χ0v) is 17.9. The van der Waals surface area contributed by atoms with Crippen molar-refractivity contribution in [3.05, 3.63) is 63.1 Å². The van der Waals surface area contributed by atoms with Crippen molar-refractivity contribution in [1.29, 1.82) is 5.26 Å². The van der Waals surface area contributed by atoms with E-state index in [1.54, 1.807) is 37.3 Å². The number of benzene rings is 2. The van der Waals surface area contributed by atoms with Crippen LogP contribution < -0.4 is 20.5 Å². The van der Waals surface area contributed by atoms with Crippen LogP contribution in [-0.4, -0.2) is 29.6 Å². The van der Waals surface area contributed by atoms with Crippen LogP contribution in [0, 0.1) is 11.3 Å². The molecule has 2 aromatic carbocycles. The third-order valence-electron chi connectivity index (χ3n) is 3.83. The predicted octanol–water partition coefficient (Wildman–Crippen LogP) is 3.23. The van der Waals surface area contributed by atoms with Gasteiger partial charge >= 0.3 is 12.0 Å². The third-order valence-corrected chi connectivity index (χ3v) is 4.42. The highest BCUT2D eigenvalue weighted by Gasteiger charge is 2.15. The van der Waals surface area contributed by atoms with Gasteiger partial charge in [-0.25, -0.2) is 9.59 Å². The second kappa shape index (κ2) is 10.8. The van der Waals surface area contributed by atoms with Crippen molar-refractivity contribution in [2.75, 3.05) is 6.61 Å².